The third-order valence-electron chi connectivity index (χ3n) is 3.33. The minimum atomic E-state index is -0.186. The molecule has 1 aromatic carbocycles. The summed E-state index contributed by atoms with van der Waals surface area (Å²) in [6.07, 6.45) is 1.82. The average molecular weight is 264 g/mol. The number of nitrogens with one attached hydrogen (secondary N) is 1. The Labute approximate surface area is 113 Å². The summed E-state index contributed by atoms with van der Waals surface area (Å²) in [5.41, 5.74) is 6.70. The molecule has 1 aliphatic rings. The van der Waals surface area contributed by atoms with Crippen LogP contribution in [-0.2, 0) is 4.74 Å². The number of benzene rings is 1. The molecule has 2 rings (SSSR count). The molecule has 1 heterocycles. The molecule has 2 unspecified atom stereocenters. The van der Waals surface area contributed by atoms with E-state index in [1.165, 1.54) is 7.11 Å². The van der Waals surface area contributed by atoms with Crippen molar-refractivity contribution in [2.45, 2.75) is 31.9 Å². The monoisotopic (exact) mass is 264 g/mol. The Morgan fingerprint density at radius 3 is 3.00 bits per heavy atom. The normalized spacial score (nSPS) is 22.8. The number of nitrogens with two attached hydrogens (primary N) is 1. The summed E-state index contributed by atoms with van der Waals surface area (Å²) in [6, 6.07) is 5.32. The second-order valence-electron chi connectivity index (χ2n) is 4.80. The summed E-state index contributed by atoms with van der Waals surface area (Å²) in [7, 11) is 1.53. The Kier molecular flexibility index (Phi) is 4.27. The molecule has 104 valence electrons. The number of amides is 1. The van der Waals surface area contributed by atoms with Gasteiger partial charge in [-0.1, -0.05) is 6.07 Å². The second kappa shape index (κ2) is 5.93. The summed E-state index contributed by atoms with van der Waals surface area (Å²) in [5, 5.41) is 3.00. The smallest absolute Gasteiger partial charge is 0.257 e. The van der Waals surface area contributed by atoms with E-state index in [1.54, 1.807) is 18.2 Å². The number of hydrogen-bond donors (Lipinski definition) is 2. The lowest BCUT2D eigenvalue weighted by atomic mass is 10.0. The highest BCUT2D eigenvalue weighted by Gasteiger charge is 2.23. The Morgan fingerprint density at radius 1 is 1.53 bits per heavy atom. The van der Waals surface area contributed by atoms with Crippen LogP contribution in [0.5, 0.6) is 5.75 Å². The van der Waals surface area contributed by atoms with Crippen molar-refractivity contribution in [3.63, 3.8) is 0 Å². The molecule has 1 amide bonds. The van der Waals surface area contributed by atoms with Crippen LogP contribution in [0.2, 0.25) is 0 Å². The summed E-state index contributed by atoms with van der Waals surface area (Å²) in [6.45, 7) is 2.68. The zero-order chi connectivity index (χ0) is 13.8. The molecule has 0 aliphatic carbocycles. The van der Waals surface area contributed by atoms with E-state index in [1.807, 2.05) is 6.92 Å². The number of carbonyl (C=O) groups excluding carboxylic acids is 1. The largest absolute Gasteiger partial charge is 0.496 e. The Hall–Kier alpha value is -1.75. The van der Waals surface area contributed by atoms with Gasteiger partial charge in [0, 0.05) is 18.3 Å². The van der Waals surface area contributed by atoms with Crippen LogP contribution in [0, 0.1) is 0 Å². The Morgan fingerprint density at radius 2 is 2.32 bits per heavy atom. The van der Waals surface area contributed by atoms with Crippen molar-refractivity contribution in [2.75, 3.05) is 19.5 Å². The van der Waals surface area contributed by atoms with E-state index in [0.29, 0.717) is 23.6 Å². The highest BCUT2D eigenvalue weighted by atomic mass is 16.5. The summed E-state index contributed by atoms with van der Waals surface area (Å²) in [5.74, 6) is 0.312. The maximum Gasteiger partial charge on any atom is 0.257 e. The molecule has 0 aromatic heterocycles. The summed E-state index contributed by atoms with van der Waals surface area (Å²) < 4.78 is 10.7. The van der Waals surface area contributed by atoms with E-state index < -0.39 is 0 Å². The maximum atomic E-state index is 12.3. The van der Waals surface area contributed by atoms with Gasteiger partial charge in [-0.15, -0.1) is 0 Å². The quantitative estimate of drug-likeness (QED) is 0.813. The molecule has 0 saturated carbocycles. The number of methoxy groups -OCH3 is 1. The number of hydrogen-bond acceptors (Lipinski definition) is 4. The number of carbonyl (C=O) groups is 1. The molecule has 3 N–H and O–H groups in total. The van der Waals surface area contributed by atoms with Crippen molar-refractivity contribution in [2.24, 2.45) is 0 Å². The molecule has 1 aromatic rings. The van der Waals surface area contributed by atoms with Crippen molar-refractivity contribution in [1.29, 1.82) is 0 Å². The predicted molar refractivity (Wildman–Crippen MR) is 73.3 cm³/mol. The fourth-order valence-corrected chi connectivity index (χ4v) is 2.35. The van der Waals surface area contributed by atoms with E-state index >= 15 is 0 Å². The van der Waals surface area contributed by atoms with Crippen molar-refractivity contribution >= 4 is 11.6 Å². The van der Waals surface area contributed by atoms with Gasteiger partial charge in [-0.25, -0.2) is 0 Å². The van der Waals surface area contributed by atoms with Crippen LogP contribution in [-0.4, -0.2) is 31.8 Å². The molecule has 5 nitrogen and oxygen atoms in total. The minimum absolute atomic E-state index is 0.126. The Bertz CT molecular complexity index is 462. The lowest BCUT2D eigenvalue weighted by Gasteiger charge is -2.28. The van der Waals surface area contributed by atoms with E-state index in [4.69, 9.17) is 15.2 Å². The first-order valence-electron chi connectivity index (χ1n) is 6.46. The zero-order valence-corrected chi connectivity index (χ0v) is 11.3. The molecule has 19 heavy (non-hydrogen) atoms. The fourth-order valence-electron chi connectivity index (χ4n) is 2.35. The molecule has 0 bridgehead atoms. The predicted octanol–water partition coefficient (Wildman–Crippen LogP) is 1.57. The lowest BCUT2D eigenvalue weighted by molar-refractivity contribution is 0.0136. The van der Waals surface area contributed by atoms with Crippen LogP contribution in [0.4, 0.5) is 5.69 Å². The van der Waals surface area contributed by atoms with Gasteiger partial charge < -0.3 is 20.5 Å². The first-order valence-corrected chi connectivity index (χ1v) is 6.46. The standard InChI is InChI=1S/C14H20N2O3/c1-9-8-10(6-7-19-9)16-14(17)13-11(15)4-3-5-12(13)18-2/h3-5,9-10H,6-8,15H2,1-2H3,(H,16,17). The number of anilines is 1. The van der Waals surface area contributed by atoms with Gasteiger partial charge >= 0.3 is 0 Å². The molecule has 0 radical (unpaired) electrons. The molecular weight excluding hydrogens is 244 g/mol. The minimum Gasteiger partial charge on any atom is -0.496 e. The third kappa shape index (κ3) is 3.17. The third-order valence-corrected chi connectivity index (χ3v) is 3.33. The van der Waals surface area contributed by atoms with Crippen LogP contribution in [0.1, 0.15) is 30.1 Å². The van der Waals surface area contributed by atoms with Crippen molar-refractivity contribution in [3.8, 4) is 5.75 Å². The highest BCUT2D eigenvalue weighted by molar-refractivity contribution is 6.02. The molecule has 1 saturated heterocycles. The van der Waals surface area contributed by atoms with Crippen LogP contribution in [0.25, 0.3) is 0 Å². The van der Waals surface area contributed by atoms with E-state index in [2.05, 4.69) is 5.32 Å². The zero-order valence-electron chi connectivity index (χ0n) is 11.3. The summed E-state index contributed by atoms with van der Waals surface area (Å²) >= 11 is 0. The fraction of sp³-hybridized carbons (Fsp3) is 0.500. The van der Waals surface area contributed by atoms with Gasteiger partial charge in [0.15, 0.2) is 0 Å². The van der Waals surface area contributed by atoms with E-state index in [0.717, 1.165) is 12.8 Å². The molecule has 5 heteroatoms. The molecule has 2 atom stereocenters. The Balaban J connectivity index is 2.11. The van der Waals surface area contributed by atoms with Gasteiger partial charge in [-0.05, 0) is 31.9 Å². The second-order valence-corrected chi connectivity index (χ2v) is 4.80. The van der Waals surface area contributed by atoms with Gasteiger partial charge in [-0.3, -0.25) is 4.79 Å². The van der Waals surface area contributed by atoms with Crippen LogP contribution >= 0.6 is 0 Å². The van der Waals surface area contributed by atoms with Gasteiger partial charge in [0.25, 0.3) is 5.91 Å². The van der Waals surface area contributed by atoms with E-state index in [-0.39, 0.29) is 18.1 Å². The molecule has 1 fully saturated rings. The maximum absolute atomic E-state index is 12.3. The first kappa shape index (κ1) is 13.7. The van der Waals surface area contributed by atoms with Gasteiger partial charge in [0.2, 0.25) is 0 Å². The molecular formula is C14H20N2O3. The van der Waals surface area contributed by atoms with Crippen molar-refractivity contribution in [1.82, 2.24) is 5.32 Å². The van der Waals surface area contributed by atoms with Gasteiger partial charge in [-0.2, -0.15) is 0 Å². The number of rotatable bonds is 3. The topological polar surface area (TPSA) is 73.6 Å². The first-order chi connectivity index (χ1) is 9.11. The van der Waals surface area contributed by atoms with Crippen LogP contribution in [0.15, 0.2) is 18.2 Å². The highest BCUT2D eigenvalue weighted by Crippen LogP contribution is 2.24. The number of ether oxygens (including phenoxy) is 2. The van der Waals surface area contributed by atoms with Crippen molar-refractivity contribution in [3.05, 3.63) is 23.8 Å². The van der Waals surface area contributed by atoms with Crippen LogP contribution in [0.3, 0.4) is 0 Å². The van der Waals surface area contributed by atoms with Crippen molar-refractivity contribution < 1.29 is 14.3 Å². The van der Waals surface area contributed by atoms with E-state index in [9.17, 15) is 4.79 Å². The van der Waals surface area contributed by atoms with Gasteiger partial charge in [0.1, 0.15) is 11.3 Å². The van der Waals surface area contributed by atoms with Gasteiger partial charge in [0.05, 0.1) is 13.2 Å². The summed E-state index contributed by atoms with van der Waals surface area (Å²) in [4.78, 5) is 12.3. The average Bonchev–Trinajstić information content (AvgIpc) is 2.38. The van der Waals surface area contributed by atoms with Crippen LogP contribution < -0.4 is 15.8 Å². The molecule has 1 aliphatic heterocycles. The lowest BCUT2D eigenvalue weighted by Crippen LogP contribution is -2.41. The SMILES string of the molecule is COc1cccc(N)c1C(=O)NC1CCOC(C)C1. The number of nitrogen functional groups attached to an aromatic ring is 1. The molecule has 0 spiro atoms.